The molecule has 5 heteroatoms. The maximum absolute atomic E-state index is 11.7. The second-order valence-electron chi connectivity index (χ2n) is 3.85. The minimum atomic E-state index is -0.539. The second kappa shape index (κ2) is 6.51. The molecule has 1 amide bonds. The smallest absolute Gasteiger partial charge is 0.241 e. The highest BCUT2D eigenvalue weighted by Gasteiger charge is 2.14. The van der Waals surface area contributed by atoms with Crippen LogP contribution in [0.2, 0.25) is 0 Å². The average molecular weight is 254 g/mol. The predicted molar refractivity (Wildman–Crippen MR) is 72.4 cm³/mol. The number of carbonyl (C=O) groups is 1. The Bertz CT molecular complexity index is 396. The first-order chi connectivity index (χ1) is 8.06. The Labute approximate surface area is 106 Å². The maximum atomic E-state index is 11.7. The Kier molecular flexibility index (Phi) is 5.31. The zero-order chi connectivity index (χ0) is 12.8. The fourth-order valence-electron chi connectivity index (χ4n) is 1.36. The van der Waals surface area contributed by atoms with Gasteiger partial charge in [-0.1, -0.05) is 12.1 Å². The Hall–Kier alpha value is -1.20. The zero-order valence-corrected chi connectivity index (χ0v) is 10.9. The molecule has 1 rings (SSSR count). The third kappa shape index (κ3) is 3.94. The number of hydrogen-bond donors (Lipinski definition) is 3. The number of aromatic hydroxyl groups is 1. The number of rotatable bonds is 5. The van der Waals surface area contributed by atoms with Crippen molar-refractivity contribution in [3.05, 3.63) is 23.8 Å². The molecule has 17 heavy (non-hydrogen) atoms. The van der Waals surface area contributed by atoms with E-state index < -0.39 is 6.04 Å². The number of anilines is 1. The quantitative estimate of drug-likeness (QED) is 0.699. The lowest BCUT2D eigenvalue weighted by atomic mass is 10.1. The Morgan fingerprint density at radius 3 is 2.94 bits per heavy atom. The first-order valence-electron chi connectivity index (χ1n) is 5.40. The maximum Gasteiger partial charge on any atom is 0.241 e. The number of amides is 1. The summed E-state index contributed by atoms with van der Waals surface area (Å²) < 4.78 is 0. The van der Waals surface area contributed by atoms with Crippen LogP contribution in [0.4, 0.5) is 5.69 Å². The monoisotopic (exact) mass is 254 g/mol. The number of phenols is 1. The molecule has 0 unspecified atom stereocenters. The third-order valence-electron chi connectivity index (χ3n) is 2.47. The summed E-state index contributed by atoms with van der Waals surface area (Å²) in [5.41, 5.74) is 6.87. The Morgan fingerprint density at radius 2 is 2.29 bits per heavy atom. The zero-order valence-electron chi connectivity index (χ0n) is 10.1. The van der Waals surface area contributed by atoms with Crippen LogP contribution in [0.3, 0.4) is 0 Å². The summed E-state index contributed by atoms with van der Waals surface area (Å²) in [7, 11) is 0. The van der Waals surface area contributed by atoms with Gasteiger partial charge in [0.25, 0.3) is 0 Å². The van der Waals surface area contributed by atoms with Crippen molar-refractivity contribution in [1.82, 2.24) is 0 Å². The van der Waals surface area contributed by atoms with Crippen LogP contribution < -0.4 is 11.1 Å². The van der Waals surface area contributed by atoms with Crippen molar-refractivity contribution in [2.45, 2.75) is 19.4 Å². The molecule has 94 valence electrons. The van der Waals surface area contributed by atoms with Gasteiger partial charge in [0.1, 0.15) is 5.75 Å². The van der Waals surface area contributed by atoms with E-state index in [0.29, 0.717) is 12.1 Å². The number of benzene rings is 1. The van der Waals surface area contributed by atoms with Gasteiger partial charge in [-0.2, -0.15) is 11.8 Å². The van der Waals surface area contributed by atoms with Crippen molar-refractivity contribution < 1.29 is 9.90 Å². The largest absolute Gasteiger partial charge is 0.505 e. The van der Waals surface area contributed by atoms with Crippen molar-refractivity contribution in [2.75, 3.05) is 17.3 Å². The van der Waals surface area contributed by atoms with E-state index in [1.807, 2.05) is 6.26 Å². The first kappa shape index (κ1) is 13.9. The average Bonchev–Trinajstić information content (AvgIpc) is 2.31. The van der Waals surface area contributed by atoms with E-state index in [4.69, 9.17) is 5.73 Å². The highest BCUT2D eigenvalue weighted by Crippen LogP contribution is 2.26. The van der Waals surface area contributed by atoms with Gasteiger partial charge < -0.3 is 16.2 Å². The van der Waals surface area contributed by atoms with Gasteiger partial charge in [0, 0.05) is 0 Å². The lowest BCUT2D eigenvalue weighted by Gasteiger charge is -2.13. The van der Waals surface area contributed by atoms with Crippen molar-refractivity contribution in [3.63, 3.8) is 0 Å². The van der Waals surface area contributed by atoms with Crippen LogP contribution >= 0.6 is 11.8 Å². The summed E-state index contributed by atoms with van der Waals surface area (Å²) in [4.78, 5) is 11.7. The molecule has 0 spiro atoms. The summed E-state index contributed by atoms with van der Waals surface area (Å²) in [5.74, 6) is 0.673. The van der Waals surface area contributed by atoms with E-state index in [1.54, 1.807) is 36.9 Å². The number of hydrogen-bond acceptors (Lipinski definition) is 4. The van der Waals surface area contributed by atoms with Crippen molar-refractivity contribution in [1.29, 1.82) is 0 Å². The number of nitrogens with one attached hydrogen (secondary N) is 1. The number of carbonyl (C=O) groups excluding carboxylic acids is 1. The Balaban J connectivity index is 2.64. The first-order valence-corrected chi connectivity index (χ1v) is 6.79. The number of phenolic OH excluding ortho intramolecular Hbond substituents is 1. The van der Waals surface area contributed by atoms with Crippen LogP contribution in [-0.4, -0.2) is 29.1 Å². The molecule has 0 fully saturated rings. The van der Waals surface area contributed by atoms with Gasteiger partial charge in [-0.25, -0.2) is 0 Å². The molecule has 0 bridgehead atoms. The molecule has 0 aromatic heterocycles. The summed E-state index contributed by atoms with van der Waals surface area (Å²) in [6.07, 6.45) is 2.59. The number of nitrogens with two attached hydrogens (primary N) is 1. The topological polar surface area (TPSA) is 75.4 Å². The Morgan fingerprint density at radius 1 is 1.59 bits per heavy atom. The molecule has 0 saturated carbocycles. The molecule has 0 aliphatic carbocycles. The van der Waals surface area contributed by atoms with Crippen LogP contribution in [0.1, 0.15) is 12.0 Å². The van der Waals surface area contributed by atoms with Gasteiger partial charge in [0.15, 0.2) is 0 Å². The number of aryl methyl sites for hydroxylation is 1. The molecule has 0 saturated heterocycles. The molecule has 4 N–H and O–H groups in total. The molecule has 0 radical (unpaired) electrons. The summed E-state index contributed by atoms with van der Waals surface area (Å²) in [6.45, 7) is 1.78. The molecule has 1 aromatic carbocycles. The van der Waals surface area contributed by atoms with E-state index in [9.17, 15) is 9.90 Å². The third-order valence-corrected chi connectivity index (χ3v) is 3.11. The molecule has 0 heterocycles. The van der Waals surface area contributed by atoms with Gasteiger partial charge >= 0.3 is 0 Å². The highest BCUT2D eigenvalue weighted by molar-refractivity contribution is 7.98. The number of thioether (sulfide) groups is 1. The molecule has 1 aromatic rings. The van der Waals surface area contributed by atoms with Crippen molar-refractivity contribution >= 4 is 23.4 Å². The highest BCUT2D eigenvalue weighted by atomic mass is 32.2. The van der Waals surface area contributed by atoms with Gasteiger partial charge in [0.2, 0.25) is 5.91 Å². The minimum Gasteiger partial charge on any atom is -0.505 e. The lowest BCUT2D eigenvalue weighted by Crippen LogP contribution is -2.36. The van der Waals surface area contributed by atoms with E-state index in [1.165, 1.54) is 0 Å². The van der Waals surface area contributed by atoms with Crippen molar-refractivity contribution in [2.24, 2.45) is 5.73 Å². The van der Waals surface area contributed by atoms with Gasteiger partial charge in [0.05, 0.1) is 11.7 Å². The van der Waals surface area contributed by atoms with E-state index in [2.05, 4.69) is 5.32 Å². The fourth-order valence-corrected chi connectivity index (χ4v) is 1.85. The van der Waals surface area contributed by atoms with Crippen LogP contribution in [0.25, 0.3) is 0 Å². The van der Waals surface area contributed by atoms with E-state index in [-0.39, 0.29) is 11.7 Å². The fraction of sp³-hybridized carbons (Fsp3) is 0.417. The predicted octanol–water partition coefficient (Wildman–Crippen LogP) is 1.72. The lowest BCUT2D eigenvalue weighted by molar-refractivity contribution is -0.117. The molecule has 0 aliphatic rings. The van der Waals surface area contributed by atoms with E-state index >= 15 is 0 Å². The van der Waals surface area contributed by atoms with Gasteiger partial charge in [-0.15, -0.1) is 0 Å². The summed E-state index contributed by atoms with van der Waals surface area (Å²) >= 11 is 1.65. The summed E-state index contributed by atoms with van der Waals surface area (Å²) in [5, 5.41) is 12.4. The van der Waals surface area contributed by atoms with E-state index in [0.717, 1.165) is 11.3 Å². The van der Waals surface area contributed by atoms with Crippen LogP contribution in [0, 0.1) is 6.92 Å². The normalized spacial score (nSPS) is 12.2. The van der Waals surface area contributed by atoms with Gasteiger partial charge in [-0.05, 0) is 37.0 Å². The molecule has 0 aliphatic heterocycles. The summed E-state index contributed by atoms with van der Waals surface area (Å²) in [6, 6.07) is 4.67. The molecule has 4 nitrogen and oxygen atoms in total. The van der Waals surface area contributed by atoms with Crippen LogP contribution in [0.5, 0.6) is 5.75 Å². The number of para-hydroxylation sites is 1. The molecular formula is C12H18N2O2S. The SMILES string of the molecule is CSCC[C@H](N)C(=O)Nc1cccc(C)c1O. The van der Waals surface area contributed by atoms with Gasteiger partial charge in [-0.3, -0.25) is 4.79 Å². The van der Waals surface area contributed by atoms with Crippen molar-refractivity contribution in [3.8, 4) is 5.75 Å². The van der Waals surface area contributed by atoms with Crippen LogP contribution in [0.15, 0.2) is 18.2 Å². The molecule has 1 atom stereocenters. The van der Waals surface area contributed by atoms with Crippen LogP contribution in [-0.2, 0) is 4.79 Å². The molecular weight excluding hydrogens is 236 g/mol. The minimum absolute atomic E-state index is 0.0953. The second-order valence-corrected chi connectivity index (χ2v) is 4.83. The standard InChI is InChI=1S/C12H18N2O2S/c1-8-4-3-5-10(11(8)15)14-12(16)9(13)6-7-17-2/h3-5,9,15H,6-7,13H2,1-2H3,(H,14,16)/t9-/m0/s1.